The maximum absolute atomic E-state index is 15.5. The van der Waals surface area contributed by atoms with Crippen LogP contribution in [0, 0.1) is 11.7 Å². The lowest BCUT2D eigenvalue weighted by molar-refractivity contribution is -0.138. The molecule has 0 radical (unpaired) electrons. The normalized spacial score (nSPS) is 19.1. The smallest absolute Gasteiger partial charge is 0.417 e. The molecule has 41 heavy (non-hydrogen) atoms. The van der Waals surface area contributed by atoms with E-state index in [0.29, 0.717) is 36.2 Å². The molecule has 2 aliphatic rings. The van der Waals surface area contributed by atoms with Gasteiger partial charge in [-0.15, -0.1) is 0 Å². The number of benzene rings is 1. The molecule has 8 nitrogen and oxygen atoms in total. The van der Waals surface area contributed by atoms with Gasteiger partial charge in [-0.05, 0) is 51.1 Å². The topological polar surface area (TPSA) is 90.6 Å². The van der Waals surface area contributed by atoms with Crippen molar-refractivity contribution in [3.63, 3.8) is 0 Å². The van der Waals surface area contributed by atoms with Crippen LogP contribution in [-0.4, -0.2) is 66.8 Å². The maximum Gasteiger partial charge on any atom is 0.417 e. The number of amides is 1. The van der Waals surface area contributed by atoms with Crippen LogP contribution in [0.15, 0.2) is 47.5 Å². The van der Waals surface area contributed by atoms with Crippen LogP contribution in [0.3, 0.4) is 0 Å². The van der Waals surface area contributed by atoms with Crippen molar-refractivity contribution in [1.29, 1.82) is 0 Å². The lowest BCUT2D eigenvalue weighted by atomic mass is 10.0. The molecule has 2 unspecified atom stereocenters. The van der Waals surface area contributed by atoms with Crippen LogP contribution in [0.25, 0.3) is 11.1 Å². The van der Waals surface area contributed by atoms with Gasteiger partial charge in [0.25, 0.3) is 5.91 Å². The van der Waals surface area contributed by atoms with E-state index in [1.165, 1.54) is 17.2 Å². The molecule has 1 amide bonds. The molecular weight excluding hydrogens is 549 g/mol. The summed E-state index contributed by atoms with van der Waals surface area (Å²) >= 11 is 0. The number of carbonyl (C=O) groups excluding carboxylic acids is 1. The lowest BCUT2D eigenvalue weighted by Crippen LogP contribution is -2.36. The molecule has 2 fully saturated rings. The Morgan fingerprint density at radius 2 is 1.95 bits per heavy atom. The van der Waals surface area contributed by atoms with Gasteiger partial charge in [0.05, 0.1) is 41.7 Å². The summed E-state index contributed by atoms with van der Waals surface area (Å²) in [5, 5.41) is 2.43. The Balaban J connectivity index is 1.52. The van der Waals surface area contributed by atoms with Gasteiger partial charge in [0.15, 0.2) is 0 Å². The van der Waals surface area contributed by atoms with E-state index in [4.69, 9.17) is 4.74 Å². The number of likely N-dealkylation sites (N-methyl/N-ethyl adjacent to an activating group) is 1. The zero-order valence-corrected chi connectivity index (χ0v) is 22.3. The first-order chi connectivity index (χ1) is 19.4. The molecule has 218 valence electrons. The average molecular weight is 578 g/mol. The summed E-state index contributed by atoms with van der Waals surface area (Å²) in [6.07, 6.45) is -2.01. The second kappa shape index (κ2) is 11.1. The molecule has 0 spiro atoms. The van der Waals surface area contributed by atoms with Gasteiger partial charge in [0.1, 0.15) is 12.0 Å². The lowest BCUT2D eigenvalue weighted by Gasteiger charge is -2.25. The summed E-state index contributed by atoms with van der Waals surface area (Å²) in [6, 6.07) is 5.32. The van der Waals surface area contributed by atoms with Gasteiger partial charge in [0, 0.05) is 42.2 Å². The molecule has 3 heterocycles. The molecule has 5 rings (SSSR count). The van der Waals surface area contributed by atoms with Gasteiger partial charge in [-0.2, -0.15) is 13.2 Å². The molecule has 2 N–H and O–H groups in total. The summed E-state index contributed by atoms with van der Waals surface area (Å²) < 4.78 is 76.9. The molecule has 1 saturated carbocycles. The Morgan fingerprint density at radius 1 is 1.20 bits per heavy atom. The fourth-order valence-corrected chi connectivity index (χ4v) is 4.77. The van der Waals surface area contributed by atoms with Crippen molar-refractivity contribution in [2.24, 2.45) is 5.92 Å². The summed E-state index contributed by atoms with van der Waals surface area (Å²) in [5.41, 5.74) is -2.87. The zero-order valence-electron chi connectivity index (χ0n) is 22.3. The first-order valence-electron chi connectivity index (χ1n) is 13.0. The monoisotopic (exact) mass is 577 g/mol. The van der Waals surface area contributed by atoms with Gasteiger partial charge < -0.3 is 24.8 Å². The van der Waals surface area contributed by atoms with Gasteiger partial charge in [0.2, 0.25) is 11.4 Å². The quantitative estimate of drug-likeness (QED) is 0.377. The highest BCUT2D eigenvalue weighted by Gasteiger charge is 2.38. The summed E-state index contributed by atoms with van der Waals surface area (Å²) in [7, 11) is 3.40. The Morgan fingerprint density at radius 3 is 2.56 bits per heavy atom. The van der Waals surface area contributed by atoms with Crippen molar-refractivity contribution >= 4 is 17.3 Å². The molecular formula is C28H28F5N5O3. The number of alkyl halides is 4. The first kappa shape index (κ1) is 28.5. The number of aromatic nitrogens is 2. The van der Waals surface area contributed by atoms with Crippen molar-refractivity contribution in [1.82, 2.24) is 14.9 Å². The molecule has 2 aromatic heterocycles. The first-order valence-corrected chi connectivity index (χ1v) is 13.0. The predicted molar refractivity (Wildman–Crippen MR) is 142 cm³/mol. The molecule has 3 aromatic rings. The minimum absolute atomic E-state index is 0.0166. The van der Waals surface area contributed by atoms with E-state index in [1.54, 1.807) is 31.1 Å². The average Bonchev–Trinajstić information content (AvgIpc) is 3.67. The second-order valence-electron chi connectivity index (χ2n) is 10.5. The van der Waals surface area contributed by atoms with Crippen molar-refractivity contribution in [3.8, 4) is 17.0 Å². The van der Waals surface area contributed by atoms with E-state index < -0.39 is 46.8 Å². The third kappa shape index (κ3) is 6.34. The summed E-state index contributed by atoms with van der Waals surface area (Å²) in [6.45, 7) is 0.567. The van der Waals surface area contributed by atoms with E-state index >= 15 is 4.39 Å². The number of hydrogen-bond acceptors (Lipinski definition) is 6. The fraction of sp³-hybridized carbons (Fsp3) is 0.393. The molecule has 0 bridgehead atoms. The third-order valence-corrected chi connectivity index (χ3v) is 7.24. The number of rotatable bonds is 8. The van der Waals surface area contributed by atoms with E-state index in [2.05, 4.69) is 15.3 Å². The highest BCUT2D eigenvalue weighted by Crippen LogP contribution is 2.38. The van der Waals surface area contributed by atoms with Gasteiger partial charge >= 0.3 is 6.18 Å². The zero-order chi connectivity index (χ0) is 29.5. The van der Waals surface area contributed by atoms with Gasteiger partial charge in [-0.3, -0.25) is 9.59 Å². The SMILES string of the molecule is CN(C)C1CN(c2cc(F)c(-c3ccc(OCC4CC4)nc3)cc2NC(=O)c2c[nH]c(=O)cc2C(F)(F)F)CC1F. The molecule has 1 aromatic carbocycles. The van der Waals surface area contributed by atoms with Crippen LogP contribution in [0.5, 0.6) is 5.88 Å². The molecule has 13 heteroatoms. The van der Waals surface area contributed by atoms with Crippen LogP contribution in [0.1, 0.15) is 28.8 Å². The maximum atomic E-state index is 15.5. The van der Waals surface area contributed by atoms with E-state index in [-0.39, 0.29) is 30.0 Å². The Hall–Kier alpha value is -4.00. The van der Waals surface area contributed by atoms with Crippen LogP contribution in [0.4, 0.5) is 33.3 Å². The van der Waals surface area contributed by atoms with E-state index in [9.17, 15) is 27.2 Å². The minimum atomic E-state index is -4.98. The Kier molecular flexibility index (Phi) is 7.73. The van der Waals surface area contributed by atoms with Crippen LogP contribution < -0.4 is 20.5 Å². The number of aromatic amines is 1. The molecule has 1 aliphatic heterocycles. The Bertz CT molecular complexity index is 1490. The van der Waals surface area contributed by atoms with Crippen molar-refractivity contribution in [2.75, 3.05) is 44.0 Å². The summed E-state index contributed by atoms with van der Waals surface area (Å²) in [5.74, 6) is -1.01. The largest absolute Gasteiger partial charge is 0.477 e. The summed E-state index contributed by atoms with van der Waals surface area (Å²) in [4.78, 5) is 34.2. The van der Waals surface area contributed by atoms with Crippen molar-refractivity contribution in [3.05, 3.63) is 70.0 Å². The number of carbonyl (C=O) groups is 1. The molecule has 1 aliphatic carbocycles. The highest BCUT2D eigenvalue weighted by molar-refractivity contribution is 6.07. The van der Waals surface area contributed by atoms with Crippen LogP contribution in [0.2, 0.25) is 0 Å². The number of halogens is 5. The number of H-pyrrole nitrogens is 1. The van der Waals surface area contributed by atoms with E-state index in [1.807, 2.05) is 0 Å². The predicted octanol–water partition coefficient (Wildman–Crippen LogP) is 4.72. The minimum Gasteiger partial charge on any atom is -0.477 e. The van der Waals surface area contributed by atoms with Crippen LogP contribution in [-0.2, 0) is 6.18 Å². The Labute approximate surface area is 232 Å². The number of ether oxygens (including phenoxy) is 1. The van der Waals surface area contributed by atoms with E-state index in [0.717, 1.165) is 18.9 Å². The highest BCUT2D eigenvalue weighted by atomic mass is 19.4. The van der Waals surface area contributed by atoms with Crippen LogP contribution >= 0.6 is 0 Å². The number of anilines is 2. The number of pyridine rings is 2. The number of nitrogens with one attached hydrogen (secondary N) is 2. The fourth-order valence-electron chi connectivity index (χ4n) is 4.77. The number of nitrogens with zero attached hydrogens (tertiary/aromatic N) is 3. The number of hydrogen-bond donors (Lipinski definition) is 2. The van der Waals surface area contributed by atoms with Gasteiger partial charge in [-0.25, -0.2) is 13.8 Å². The molecule has 1 saturated heterocycles. The van der Waals surface area contributed by atoms with Gasteiger partial charge in [-0.1, -0.05) is 0 Å². The van der Waals surface area contributed by atoms with Crippen molar-refractivity contribution < 1.29 is 31.5 Å². The second-order valence-corrected chi connectivity index (χ2v) is 10.5. The van der Waals surface area contributed by atoms with Crippen molar-refractivity contribution in [2.45, 2.75) is 31.2 Å². The standard InChI is InChI=1S/C28H28F5N5O3/c1-37(2)24-13-38(12-21(24)30)23-9-20(29)17(16-5-6-26(35-10-16)41-14-15-3-4-15)7-22(23)36-27(40)18-11-34-25(39)8-19(18)28(31,32)33/h5-11,15,21,24H,3-4,12-14H2,1-2H3,(H,34,39)(H,36,40). The molecule has 2 atom stereocenters. The third-order valence-electron chi connectivity index (χ3n) is 7.24.